The first kappa shape index (κ1) is 7.68. The van der Waals surface area contributed by atoms with Gasteiger partial charge in [0.25, 0.3) is 0 Å². The van der Waals surface area contributed by atoms with Crippen molar-refractivity contribution in [3.8, 4) is 0 Å². The average molecular weight is 166 g/mol. The second kappa shape index (κ2) is 2.83. The van der Waals surface area contributed by atoms with Gasteiger partial charge in [-0.05, 0) is 24.8 Å². The van der Waals surface area contributed by atoms with Gasteiger partial charge in [-0.25, -0.2) is 4.39 Å². The molecular formula is C9H11FN2. The minimum absolute atomic E-state index is 0.131. The van der Waals surface area contributed by atoms with Gasteiger partial charge in [0, 0.05) is 17.8 Å². The molecule has 2 rings (SSSR count). The summed E-state index contributed by atoms with van der Waals surface area (Å²) in [6.07, 6.45) is 5.06. The van der Waals surface area contributed by atoms with Gasteiger partial charge >= 0.3 is 0 Å². The van der Waals surface area contributed by atoms with E-state index < -0.39 is 0 Å². The first-order valence-electron chi connectivity index (χ1n) is 4.14. The molecule has 1 aromatic heterocycles. The maximum atomic E-state index is 13.1. The highest BCUT2D eigenvalue weighted by Crippen LogP contribution is 2.39. The van der Waals surface area contributed by atoms with Crippen molar-refractivity contribution in [1.29, 1.82) is 0 Å². The van der Waals surface area contributed by atoms with Crippen LogP contribution in [0.1, 0.15) is 24.4 Å². The maximum absolute atomic E-state index is 13.1. The molecular weight excluding hydrogens is 155 g/mol. The third-order valence-corrected chi connectivity index (χ3v) is 2.29. The van der Waals surface area contributed by atoms with Gasteiger partial charge in [-0.1, -0.05) is 0 Å². The van der Waals surface area contributed by atoms with Crippen molar-refractivity contribution in [3.63, 3.8) is 0 Å². The van der Waals surface area contributed by atoms with Crippen molar-refractivity contribution in [1.82, 2.24) is 4.98 Å². The second-order valence-electron chi connectivity index (χ2n) is 3.26. The second-order valence-corrected chi connectivity index (χ2v) is 3.26. The van der Waals surface area contributed by atoms with Gasteiger partial charge in [-0.3, -0.25) is 4.98 Å². The minimum Gasteiger partial charge on any atom is -0.324 e. The quantitative estimate of drug-likeness (QED) is 0.725. The Bertz CT molecular complexity index is 284. The molecule has 1 heterocycles. The van der Waals surface area contributed by atoms with E-state index in [-0.39, 0.29) is 11.9 Å². The lowest BCUT2D eigenvalue weighted by Gasteiger charge is -2.10. The third kappa shape index (κ3) is 1.32. The lowest BCUT2D eigenvalue weighted by Crippen LogP contribution is -2.14. The standard InChI is InChI=1S/C9H11FN2/c10-8-5-12-4-3-7(8)9(11)6-1-2-6/h3-6,9H,1-2,11H2/t9-/m1/s1. The molecule has 1 saturated carbocycles. The summed E-state index contributed by atoms with van der Waals surface area (Å²) < 4.78 is 13.1. The molecule has 0 aromatic carbocycles. The van der Waals surface area contributed by atoms with E-state index in [1.54, 1.807) is 12.3 Å². The fourth-order valence-electron chi connectivity index (χ4n) is 1.37. The Kier molecular flexibility index (Phi) is 1.81. The Hall–Kier alpha value is -0.960. The Labute approximate surface area is 70.6 Å². The predicted octanol–water partition coefficient (Wildman–Crippen LogP) is 1.63. The predicted molar refractivity (Wildman–Crippen MR) is 43.8 cm³/mol. The van der Waals surface area contributed by atoms with E-state index in [1.807, 2.05) is 0 Å². The van der Waals surface area contributed by atoms with Crippen LogP contribution in [0.15, 0.2) is 18.5 Å². The summed E-state index contributed by atoms with van der Waals surface area (Å²) >= 11 is 0. The summed E-state index contributed by atoms with van der Waals surface area (Å²) in [5.74, 6) is 0.207. The number of aromatic nitrogens is 1. The molecule has 64 valence electrons. The number of pyridine rings is 1. The molecule has 3 heteroatoms. The Morgan fingerprint density at radius 1 is 1.58 bits per heavy atom. The number of rotatable bonds is 2. The largest absolute Gasteiger partial charge is 0.324 e. The third-order valence-electron chi connectivity index (χ3n) is 2.29. The van der Waals surface area contributed by atoms with Crippen LogP contribution >= 0.6 is 0 Å². The van der Waals surface area contributed by atoms with Crippen molar-refractivity contribution >= 4 is 0 Å². The van der Waals surface area contributed by atoms with Crippen LogP contribution in [-0.2, 0) is 0 Å². The molecule has 2 N–H and O–H groups in total. The molecule has 0 unspecified atom stereocenters. The van der Waals surface area contributed by atoms with Crippen LogP contribution in [0.3, 0.4) is 0 Å². The van der Waals surface area contributed by atoms with E-state index in [2.05, 4.69) is 4.98 Å². The van der Waals surface area contributed by atoms with Crippen LogP contribution in [0.25, 0.3) is 0 Å². The molecule has 0 aliphatic heterocycles. The van der Waals surface area contributed by atoms with Gasteiger partial charge in [-0.2, -0.15) is 0 Å². The normalized spacial score (nSPS) is 19.2. The molecule has 1 atom stereocenters. The molecule has 1 fully saturated rings. The van der Waals surface area contributed by atoms with Crippen LogP contribution in [0, 0.1) is 11.7 Å². The zero-order valence-electron chi connectivity index (χ0n) is 6.70. The van der Waals surface area contributed by atoms with Crippen molar-refractivity contribution in [3.05, 3.63) is 29.8 Å². The van der Waals surface area contributed by atoms with Crippen LogP contribution in [-0.4, -0.2) is 4.98 Å². The molecule has 0 spiro atoms. The van der Waals surface area contributed by atoms with E-state index in [1.165, 1.54) is 6.20 Å². The SMILES string of the molecule is N[C@@H](c1ccncc1F)C1CC1. The number of halogens is 1. The summed E-state index contributed by atoms with van der Waals surface area (Å²) in [7, 11) is 0. The topological polar surface area (TPSA) is 38.9 Å². The summed E-state index contributed by atoms with van der Waals surface area (Å²) in [6.45, 7) is 0. The van der Waals surface area contributed by atoms with Crippen molar-refractivity contribution in [2.24, 2.45) is 11.7 Å². The molecule has 0 radical (unpaired) electrons. The van der Waals surface area contributed by atoms with Crippen molar-refractivity contribution in [2.75, 3.05) is 0 Å². The van der Waals surface area contributed by atoms with Gasteiger partial charge in [-0.15, -0.1) is 0 Å². The van der Waals surface area contributed by atoms with Gasteiger partial charge in [0.1, 0.15) is 5.82 Å². The fourth-order valence-corrected chi connectivity index (χ4v) is 1.37. The Balaban J connectivity index is 2.25. The molecule has 12 heavy (non-hydrogen) atoms. The van der Waals surface area contributed by atoms with Gasteiger partial charge in [0.2, 0.25) is 0 Å². The zero-order chi connectivity index (χ0) is 8.55. The van der Waals surface area contributed by atoms with Crippen molar-refractivity contribution in [2.45, 2.75) is 18.9 Å². The highest BCUT2D eigenvalue weighted by molar-refractivity contribution is 5.19. The highest BCUT2D eigenvalue weighted by Gasteiger charge is 2.30. The molecule has 0 saturated heterocycles. The summed E-state index contributed by atoms with van der Waals surface area (Å²) in [4.78, 5) is 3.68. The summed E-state index contributed by atoms with van der Waals surface area (Å²) in [5, 5.41) is 0. The molecule has 1 aliphatic carbocycles. The van der Waals surface area contributed by atoms with E-state index in [4.69, 9.17) is 5.73 Å². The molecule has 1 aliphatic rings. The van der Waals surface area contributed by atoms with E-state index >= 15 is 0 Å². The average Bonchev–Trinajstić information content (AvgIpc) is 2.86. The van der Waals surface area contributed by atoms with Crippen LogP contribution in [0.4, 0.5) is 4.39 Å². The summed E-state index contributed by atoms with van der Waals surface area (Å²) in [6, 6.07) is 1.53. The maximum Gasteiger partial charge on any atom is 0.146 e. The van der Waals surface area contributed by atoms with E-state index in [0.29, 0.717) is 11.5 Å². The summed E-state index contributed by atoms with van der Waals surface area (Å²) in [5.41, 5.74) is 6.44. The monoisotopic (exact) mass is 166 g/mol. The minimum atomic E-state index is -0.281. The molecule has 2 nitrogen and oxygen atoms in total. The van der Waals surface area contributed by atoms with Gasteiger partial charge in [0.05, 0.1) is 6.20 Å². The number of nitrogens with two attached hydrogens (primary N) is 1. The number of hydrogen-bond donors (Lipinski definition) is 1. The van der Waals surface area contributed by atoms with Crippen LogP contribution in [0.5, 0.6) is 0 Å². The van der Waals surface area contributed by atoms with Gasteiger partial charge in [0.15, 0.2) is 0 Å². The first-order valence-corrected chi connectivity index (χ1v) is 4.14. The lowest BCUT2D eigenvalue weighted by atomic mass is 10.0. The number of nitrogens with zero attached hydrogens (tertiary/aromatic N) is 1. The Morgan fingerprint density at radius 3 is 2.92 bits per heavy atom. The van der Waals surface area contributed by atoms with E-state index in [0.717, 1.165) is 12.8 Å². The van der Waals surface area contributed by atoms with E-state index in [9.17, 15) is 4.39 Å². The van der Waals surface area contributed by atoms with Crippen molar-refractivity contribution < 1.29 is 4.39 Å². The number of hydrogen-bond acceptors (Lipinski definition) is 2. The first-order chi connectivity index (χ1) is 5.79. The Morgan fingerprint density at radius 2 is 2.33 bits per heavy atom. The van der Waals surface area contributed by atoms with Crippen LogP contribution in [0.2, 0.25) is 0 Å². The molecule has 0 amide bonds. The van der Waals surface area contributed by atoms with Gasteiger partial charge < -0.3 is 5.73 Å². The lowest BCUT2D eigenvalue weighted by molar-refractivity contribution is 0.549. The smallest absolute Gasteiger partial charge is 0.146 e. The fraction of sp³-hybridized carbons (Fsp3) is 0.444. The molecule has 1 aromatic rings. The highest BCUT2D eigenvalue weighted by atomic mass is 19.1. The zero-order valence-corrected chi connectivity index (χ0v) is 6.70. The molecule has 0 bridgehead atoms. The van der Waals surface area contributed by atoms with Crippen LogP contribution < -0.4 is 5.73 Å².